The van der Waals surface area contributed by atoms with Gasteiger partial charge in [-0.2, -0.15) is 0 Å². The van der Waals surface area contributed by atoms with Gasteiger partial charge in [-0.25, -0.2) is 0 Å². The predicted molar refractivity (Wildman–Crippen MR) is 73.0 cm³/mol. The zero-order chi connectivity index (χ0) is 13.4. The van der Waals surface area contributed by atoms with Gasteiger partial charge in [0.15, 0.2) is 6.10 Å². The lowest BCUT2D eigenvalue weighted by molar-refractivity contribution is -0.123. The van der Waals surface area contributed by atoms with Gasteiger partial charge in [0.1, 0.15) is 16.9 Å². The van der Waals surface area contributed by atoms with Crippen molar-refractivity contribution >= 4 is 27.8 Å². The maximum Gasteiger partial charge on any atom is 0.258 e. The normalized spacial score (nSPS) is 12.7. The minimum Gasteiger partial charge on any atom is -0.481 e. The Morgan fingerprint density at radius 1 is 1.16 bits per heavy atom. The van der Waals surface area contributed by atoms with Crippen LogP contribution in [0.4, 0.5) is 0 Å². The van der Waals surface area contributed by atoms with Gasteiger partial charge in [0.05, 0.1) is 0 Å². The number of nitrogens with two attached hydrogens (primary N) is 1. The number of furan rings is 1. The molecule has 4 heteroatoms. The molecule has 0 aliphatic rings. The van der Waals surface area contributed by atoms with Crippen molar-refractivity contribution < 1.29 is 13.9 Å². The van der Waals surface area contributed by atoms with Crippen LogP contribution < -0.4 is 10.5 Å². The molecule has 1 aromatic heterocycles. The molecule has 1 atom stereocenters. The Hall–Kier alpha value is -2.49. The number of ether oxygens (including phenoxy) is 1. The van der Waals surface area contributed by atoms with Gasteiger partial charge in [0.25, 0.3) is 5.91 Å². The van der Waals surface area contributed by atoms with Crippen molar-refractivity contribution in [2.45, 2.75) is 13.0 Å². The number of primary amides is 1. The fourth-order valence-electron chi connectivity index (χ4n) is 2.04. The first-order valence-corrected chi connectivity index (χ1v) is 6.02. The molecule has 0 unspecified atom stereocenters. The van der Waals surface area contributed by atoms with Crippen molar-refractivity contribution in [2.24, 2.45) is 5.73 Å². The largest absolute Gasteiger partial charge is 0.481 e. The number of hydrogen-bond acceptors (Lipinski definition) is 3. The zero-order valence-corrected chi connectivity index (χ0v) is 10.4. The number of para-hydroxylation sites is 1. The summed E-state index contributed by atoms with van der Waals surface area (Å²) in [7, 11) is 0. The molecule has 0 saturated carbocycles. The van der Waals surface area contributed by atoms with Crippen LogP contribution in [0.1, 0.15) is 6.92 Å². The Morgan fingerprint density at radius 2 is 1.89 bits per heavy atom. The molecule has 4 nitrogen and oxygen atoms in total. The summed E-state index contributed by atoms with van der Waals surface area (Å²) in [5.41, 5.74) is 6.81. The number of carbonyl (C=O) groups is 1. The van der Waals surface area contributed by atoms with Crippen LogP contribution in [-0.4, -0.2) is 12.0 Å². The van der Waals surface area contributed by atoms with E-state index >= 15 is 0 Å². The van der Waals surface area contributed by atoms with E-state index in [9.17, 15) is 4.79 Å². The van der Waals surface area contributed by atoms with Gasteiger partial charge in [-0.1, -0.05) is 18.2 Å². The molecule has 2 N–H and O–H groups in total. The highest BCUT2D eigenvalue weighted by Crippen LogP contribution is 2.31. The number of rotatable bonds is 3. The third-order valence-corrected chi connectivity index (χ3v) is 3.06. The molecule has 0 aliphatic carbocycles. The van der Waals surface area contributed by atoms with Gasteiger partial charge in [-0.05, 0) is 31.2 Å². The second-order valence-electron chi connectivity index (χ2n) is 4.42. The first-order valence-electron chi connectivity index (χ1n) is 6.02. The van der Waals surface area contributed by atoms with Crippen LogP contribution >= 0.6 is 0 Å². The average molecular weight is 255 g/mol. The molecule has 96 valence electrons. The van der Waals surface area contributed by atoms with E-state index in [1.54, 1.807) is 13.0 Å². The topological polar surface area (TPSA) is 65.5 Å². The van der Waals surface area contributed by atoms with E-state index in [4.69, 9.17) is 14.9 Å². The van der Waals surface area contributed by atoms with E-state index in [0.717, 1.165) is 21.9 Å². The lowest BCUT2D eigenvalue weighted by Gasteiger charge is -2.10. The quantitative estimate of drug-likeness (QED) is 0.782. The van der Waals surface area contributed by atoms with E-state index < -0.39 is 12.0 Å². The highest BCUT2D eigenvalue weighted by Gasteiger charge is 2.12. The molecule has 3 rings (SSSR count). The number of fused-ring (bicyclic) bond motifs is 3. The molecule has 3 aromatic rings. The maximum absolute atomic E-state index is 11.0. The van der Waals surface area contributed by atoms with E-state index in [2.05, 4.69) is 0 Å². The Bertz CT molecular complexity index is 760. The monoisotopic (exact) mass is 255 g/mol. The summed E-state index contributed by atoms with van der Waals surface area (Å²) in [4.78, 5) is 11.0. The van der Waals surface area contributed by atoms with Gasteiger partial charge in [0, 0.05) is 10.8 Å². The molecule has 0 fully saturated rings. The highest BCUT2D eigenvalue weighted by molar-refractivity contribution is 6.05. The smallest absolute Gasteiger partial charge is 0.258 e. The fraction of sp³-hybridized carbons (Fsp3) is 0.133. The van der Waals surface area contributed by atoms with Crippen LogP contribution in [0, 0.1) is 0 Å². The van der Waals surface area contributed by atoms with Crippen molar-refractivity contribution in [3.8, 4) is 5.75 Å². The van der Waals surface area contributed by atoms with Crippen LogP contribution in [0.3, 0.4) is 0 Å². The Labute approximate surface area is 109 Å². The first kappa shape index (κ1) is 11.6. The SMILES string of the molecule is C[C@@H](Oc1ccc2oc3ccccc3c2c1)C(N)=O. The third kappa shape index (κ3) is 2.01. The minimum atomic E-state index is -0.657. The van der Waals surface area contributed by atoms with Gasteiger partial charge in [-0.3, -0.25) is 4.79 Å². The first-order chi connectivity index (χ1) is 9.15. The highest BCUT2D eigenvalue weighted by atomic mass is 16.5. The van der Waals surface area contributed by atoms with Crippen molar-refractivity contribution in [1.82, 2.24) is 0 Å². The minimum absolute atomic E-state index is 0.489. The summed E-state index contributed by atoms with van der Waals surface area (Å²) in [6.07, 6.45) is -0.657. The predicted octanol–water partition coefficient (Wildman–Crippen LogP) is 2.84. The van der Waals surface area contributed by atoms with Crippen LogP contribution in [0.5, 0.6) is 5.75 Å². The maximum atomic E-state index is 11.0. The van der Waals surface area contributed by atoms with E-state index in [1.807, 2.05) is 36.4 Å². The van der Waals surface area contributed by atoms with E-state index in [0.29, 0.717) is 5.75 Å². The number of carbonyl (C=O) groups excluding carboxylic acids is 1. The van der Waals surface area contributed by atoms with Gasteiger partial charge >= 0.3 is 0 Å². The Balaban J connectivity index is 2.09. The van der Waals surface area contributed by atoms with Crippen molar-refractivity contribution in [2.75, 3.05) is 0 Å². The van der Waals surface area contributed by atoms with Crippen molar-refractivity contribution in [1.29, 1.82) is 0 Å². The molecular weight excluding hydrogens is 242 g/mol. The summed E-state index contributed by atoms with van der Waals surface area (Å²) >= 11 is 0. The van der Waals surface area contributed by atoms with Crippen LogP contribution in [0.2, 0.25) is 0 Å². The second kappa shape index (κ2) is 4.31. The number of amides is 1. The van der Waals surface area contributed by atoms with Crippen molar-refractivity contribution in [3.05, 3.63) is 42.5 Å². The zero-order valence-electron chi connectivity index (χ0n) is 10.4. The number of benzene rings is 2. The molecule has 0 aliphatic heterocycles. The van der Waals surface area contributed by atoms with Gasteiger partial charge in [-0.15, -0.1) is 0 Å². The van der Waals surface area contributed by atoms with E-state index in [1.165, 1.54) is 0 Å². The van der Waals surface area contributed by atoms with E-state index in [-0.39, 0.29) is 0 Å². The molecule has 1 amide bonds. The molecule has 2 aromatic carbocycles. The molecule has 0 bridgehead atoms. The van der Waals surface area contributed by atoms with Crippen LogP contribution in [0.25, 0.3) is 21.9 Å². The van der Waals surface area contributed by atoms with Gasteiger partial charge in [0.2, 0.25) is 0 Å². The lowest BCUT2D eigenvalue weighted by Crippen LogP contribution is -2.30. The standard InChI is InChI=1S/C15H13NO3/c1-9(15(16)17)18-10-6-7-14-12(8-10)11-4-2-3-5-13(11)19-14/h2-9H,1H3,(H2,16,17)/t9-/m1/s1. The molecule has 0 saturated heterocycles. The molecule has 0 radical (unpaired) electrons. The fourth-order valence-corrected chi connectivity index (χ4v) is 2.04. The summed E-state index contributed by atoms with van der Waals surface area (Å²) in [5.74, 6) is 0.113. The Morgan fingerprint density at radius 3 is 2.68 bits per heavy atom. The summed E-state index contributed by atoms with van der Waals surface area (Å²) in [6, 6.07) is 13.3. The summed E-state index contributed by atoms with van der Waals surface area (Å²) in [5, 5.41) is 1.99. The molecule has 1 heterocycles. The molecule has 0 spiro atoms. The van der Waals surface area contributed by atoms with Gasteiger partial charge < -0.3 is 14.9 Å². The summed E-state index contributed by atoms with van der Waals surface area (Å²) < 4.78 is 11.2. The van der Waals surface area contributed by atoms with Crippen molar-refractivity contribution in [3.63, 3.8) is 0 Å². The molecular formula is C15H13NO3. The second-order valence-corrected chi connectivity index (χ2v) is 4.42. The van der Waals surface area contributed by atoms with Crippen LogP contribution in [0.15, 0.2) is 46.9 Å². The lowest BCUT2D eigenvalue weighted by atomic mass is 10.1. The van der Waals surface area contributed by atoms with Crippen LogP contribution in [-0.2, 0) is 4.79 Å². The Kier molecular flexibility index (Phi) is 2.63. The number of hydrogen-bond donors (Lipinski definition) is 1. The molecule has 19 heavy (non-hydrogen) atoms. The third-order valence-electron chi connectivity index (χ3n) is 3.06. The average Bonchev–Trinajstić information content (AvgIpc) is 2.76. The summed E-state index contributed by atoms with van der Waals surface area (Å²) in [6.45, 7) is 1.63.